The summed E-state index contributed by atoms with van der Waals surface area (Å²) >= 11 is 0. The van der Waals surface area contributed by atoms with E-state index in [9.17, 15) is 0 Å². The number of piperazine rings is 1. The molecule has 0 atom stereocenters. The molecule has 1 saturated heterocycles. The molecule has 0 saturated carbocycles. The fourth-order valence-corrected chi connectivity index (χ4v) is 3.27. The average Bonchev–Trinajstić information content (AvgIpc) is 3.21. The molecular formula is C19H26N6. The minimum absolute atomic E-state index is 0.0399. The van der Waals surface area contributed by atoms with Crippen molar-refractivity contribution in [3.8, 4) is 0 Å². The number of hydrogen-bond donors (Lipinski definition) is 1. The Balaban J connectivity index is 1.37. The summed E-state index contributed by atoms with van der Waals surface area (Å²) in [6, 6.07) is 8.20. The monoisotopic (exact) mass is 338 g/mol. The molecule has 25 heavy (non-hydrogen) atoms. The summed E-state index contributed by atoms with van der Waals surface area (Å²) in [5.41, 5.74) is 3.47. The van der Waals surface area contributed by atoms with Gasteiger partial charge in [0, 0.05) is 44.5 Å². The van der Waals surface area contributed by atoms with Gasteiger partial charge in [-0.1, -0.05) is 12.1 Å². The van der Waals surface area contributed by atoms with Crippen LogP contribution in [0.15, 0.2) is 36.7 Å². The van der Waals surface area contributed by atoms with Crippen molar-refractivity contribution in [3.63, 3.8) is 0 Å². The van der Waals surface area contributed by atoms with Gasteiger partial charge in [0.15, 0.2) is 0 Å². The molecule has 2 aromatic heterocycles. The molecule has 1 N–H and O–H groups in total. The third kappa shape index (κ3) is 3.39. The van der Waals surface area contributed by atoms with Crippen molar-refractivity contribution in [1.29, 1.82) is 0 Å². The summed E-state index contributed by atoms with van der Waals surface area (Å²) in [7, 11) is 0. The molecule has 1 aliphatic rings. The Hall–Kier alpha value is -2.34. The predicted molar refractivity (Wildman–Crippen MR) is 101 cm³/mol. The lowest BCUT2D eigenvalue weighted by molar-refractivity contribution is 0.248. The van der Waals surface area contributed by atoms with Crippen molar-refractivity contribution < 1.29 is 0 Å². The SMILES string of the molecule is CC(C)(C)n1cc(CN2CCN(c3nc4ccccc4[nH]3)CC2)cn1. The maximum Gasteiger partial charge on any atom is 0.203 e. The number of aromatic nitrogens is 4. The Bertz CT molecular complexity index is 815. The van der Waals surface area contributed by atoms with E-state index in [0.717, 1.165) is 49.7 Å². The third-order valence-corrected chi connectivity index (χ3v) is 4.78. The number of aromatic amines is 1. The number of anilines is 1. The van der Waals surface area contributed by atoms with Crippen LogP contribution in [0.25, 0.3) is 11.0 Å². The second kappa shape index (κ2) is 6.19. The van der Waals surface area contributed by atoms with Crippen LogP contribution in [-0.2, 0) is 12.1 Å². The van der Waals surface area contributed by atoms with Gasteiger partial charge in [0.1, 0.15) is 0 Å². The summed E-state index contributed by atoms with van der Waals surface area (Å²) in [6.07, 6.45) is 4.17. The molecule has 3 heterocycles. The van der Waals surface area contributed by atoms with Crippen molar-refractivity contribution in [1.82, 2.24) is 24.6 Å². The van der Waals surface area contributed by atoms with Gasteiger partial charge in [-0.3, -0.25) is 9.58 Å². The summed E-state index contributed by atoms with van der Waals surface area (Å²) in [5.74, 6) is 0.987. The number of nitrogens with one attached hydrogen (secondary N) is 1. The van der Waals surface area contributed by atoms with Crippen LogP contribution >= 0.6 is 0 Å². The highest BCUT2D eigenvalue weighted by Gasteiger charge is 2.21. The quantitative estimate of drug-likeness (QED) is 0.798. The van der Waals surface area contributed by atoms with Gasteiger partial charge in [-0.05, 0) is 32.9 Å². The van der Waals surface area contributed by atoms with Gasteiger partial charge in [-0.25, -0.2) is 4.98 Å². The molecule has 4 rings (SSSR count). The second-order valence-corrected chi connectivity index (χ2v) is 7.80. The van der Waals surface area contributed by atoms with Gasteiger partial charge in [0.25, 0.3) is 0 Å². The zero-order valence-electron chi connectivity index (χ0n) is 15.2. The van der Waals surface area contributed by atoms with E-state index in [2.05, 4.69) is 59.0 Å². The van der Waals surface area contributed by atoms with Crippen LogP contribution in [0.3, 0.4) is 0 Å². The topological polar surface area (TPSA) is 53.0 Å². The highest BCUT2D eigenvalue weighted by Crippen LogP contribution is 2.19. The van der Waals surface area contributed by atoms with Crippen LogP contribution in [0.1, 0.15) is 26.3 Å². The lowest BCUT2D eigenvalue weighted by Crippen LogP contribution is -2.46. The van der Waals surface area contributed by atoms with Crippen molar-refractivity contribution >= 4 is 17.0 Å². The first-order valence-corrected chi connectivity index (χ1v) is 8.95. The lowest BCUT2D eigenvalue weighted by Gasteiger charge is -2.34. The molecule has 6 nitrogen and oxygen atoms in total. The smallest absolute Gasteiger partial charge is 0.203 e. The molecule has 1 fully saturated rings. The van der Waals surface area contributed by atoms with E-state index >= 15 is 0 Å². The minimum atomic E-state index is 0.0399. The van der Waals surface area contributed by atoms with E-state index in [1.807, 2.05) is 23.0 Å². The Morgan fingerprint density at radius 3 is 2.52 bits per heavy atom. The normalized spacial score (nSPS) is 16.7. The van der Waals surface area contributed by atoms with Gasteiger partial charge in [-0.15, -0.1) is 0 Å². The first-order valence-electron chi connectivity index (χ1n) is 8.95. The zero-order chi connectivity index (χ0) is 17.4. The summed E-state index contributed by atoms with van der Waals surface area (Å²) in [6.45, 7) is 11.6. The molecule has 0 bridgehead atoms. The minimum Gasteiger partial charge on any atom is -0.340 e. The van der Waals surface area contributed by atoms with Crippen molar-refractivity contribution in [3.05, 3.63) is 42.2 Å². The number of hydrogen-bond acceptors (Lipinski definition) is 4. The van der Waals surface area contributed by atoms with Crippen LogP contribution < -0.4 is 4.90 Å². The molecule has 0 radical (unpaired) electrons. The average molecular weight is 338 g/mol. The maximum absolute atomic E-state index is 4.71. The number of imidazole rings is 1. The molecule has 132 valence electrons. The largest absolute Gasteiger partial charge is 0.340 e. The van der Waals surface area contributed by atoms with Gasteiger partial charge in [0.05, 0.1) is 22.8 Å². The Morgan fingerprint density at radius 1 is 1.08 bits per heavy atom. The summed E-state index contributed by atoms with van der Waals surface area (Å²) < 4.78 is 2.05. The highest BCUT2D eigenvalue weighted by molar-refractivity contribution is 5.77. The molecule has 6 heteroatoms. The van der Waals surface area contributed by atoms with E-state index in [1.54, 1.807) is 0 Å². The number of fused-ring (bicyclic) bond motifs is 1. The number of H-pyrrole nitrogens is 1. The summed E-state index contributed by atoms with van der Waals surface area (Å²) in [4.78, 5) is 13.0. The number of benzene rings is 1. The predicted octanol–water partition coefficient (Wildman–Crippen LogP) is 2.84. The van der Waals surface area contributed by atoms with E-state index in [4.69, 9.17) is 4.98 Å². The van der Waals surface area contributed by atoms with Gasteiger partial charge in [0.2, 0.25) is 5.95 Å². The van der Waals surface area contributed by atoms with Crippen LogP contribution in [0.2, 0.25) is 0 Å². The number of nitrogens with zero attached hydrogens (tertiary/aromatic N) is 5. The third-order valence-electron chi connectivity index (χ3n) is 4.78. The molecule has 0 amide bonds. The molecule has 0 unspecified atom stereocenters. The van der Waals surface area contributed by atoms with Crippen molar-refractivity contribution in [2.24, 2.45) is 0 Å². The Morgan fingerprint density at radius 2 is 1.84 bits per heavy atom. The van der Waals surface area contributed by atoms with Crippen LogP contribution in [-0.4, -0.2) is 50.8 Å². The maximum atomic E-state index is 4.71. The fourth-order valence-electron chi connectivity index (χ4n) is 3.27. The Labute approximate surface area is 148 Å². The van der Waals surface area contributed by atoms with Crippen LogP contribution in [0.4, 0.5) is 5.95 Å². The van der Waals surface area contributed by atoms with Crippen LogP contribution in [0, 0.1) is 0 Å². The van der Waals surface area contributed by atoms with E-state index in [1.165, 1.54) is 5.56 Å². The second-order valence-electron chi connectivity index (χ2n) is 7.80. The standard InChI is InChI=1S/C19H26N6/c1-19(2,3)25-14-15(12-20-25)13-23-8-10-24(11-9-23)18-21-16-6-4-5-7-17(16)22-18/h4-7,12,14H,8-11,13H2,1-3H3,(H,21,22). The van der Waals surface area contributed by atoms with Crippen molar-refractivity contribution in [2.75, 3.05) is 31.1 Å². The molecule has 3 aromatic rings. The molecular weight excluding hydrogens is 312 g/mol. The zero-order valence-corrected chi connectivity index (χ0v) is 15.2. The first-order chi connectivity index (χ1) is 12.0. The lowest BCUT2D eigenvalue weighted by atomic mass is 10.1. The van der Waals surface area contributed by atoms with E-state index < -0.39 is 0 Å². The fraction of sp³-hybridized carbons (Fsp3) is 0.474. The molecule has 1 aromatic carbocycles. The number of rotatable bonds is 3. The first kappa shape index (κ1) is 16.1. The van der Waals surface area contributed by atoms with Gasteiger partial charge in [-0.2, -0.15) is 5.10 Å². The number of para-hydroxylation sites is 2. The summed E-state index contributed by atoms with van der Waals surface area (Å²) in [5, 5.41) is 4.50. The Kier molecular flexibility index (Phi) is 4.00. The van der Waals surface area contributed by atoms with Gasteiger partial charge >= 0.3 is 0 Å². The van der Waals surface area contributed by atoms with E-state index in [-0.39, 0.29) is 5.54 Å². The van der Waals surface area contributed by atoms with Crippen molar-refractivity contribution in [2.45, 2.75) is 32.9 Å². The molecule has 0 spiro atoms. The van der Waals surface area contributed by atoms with E-state index in [0.29, 0.717) is 0 Å². The van der Waals surface area contributed by atoms with Gasteiger partial charge < -0.3 is 9.88 Å². The highest BCUT2D eigenvalue weighted by atomic mass is 15.3. The molecule has 0 aliphatic carbocycles. The molecule has 1 aliphatic heterocycles. The van der Waals surface area contributed by atoms with Crippen LogP contribution in [0.5, 0.6) is 0 Å².